The van der Waals surface area contributed by atoms with E-state index in [0.717, 1.165) is 16.9 Å². The van der Waals surface area contributed by atoms with Gasteiger partial charge in [0.05, 0.1) is 0 Å². The van der Waals surface area contributed by atoms with Gasteiger partial charge in [-0.2, -0.15) is 4.98 Å². The number of aromatic nitrogens is 3. The third kappa shape index (κ3) is 2.91. The van der Waals surface area contributed by atoms with E-state index in [9.17, 15) is 0 Å². The summed E-state index contributed by atoms with van der Waals surface area (Å²) in [7, 11) is 0. The van der Waals surface area contributed by atoms with Crippen LogP contribution in [0.2, 0.25) is 0 Å². The van der Waals surface area contributed by atoms with Crippen LogP contribution in [0.3, 0.4) is 0 Å². The molecule has 0 fully saturated rings. The molecule has 3 rings (SSSR count). The van der Waals surface area contributed by atoms with Crippen molar-refractivity contribution in [3.8, 4) is 17.1 Å². The van der Waals surface area contributed by atoms with Gasteiger partial charge in [-0.3, -0.25) is 4.98 Å². The van der Waals surface area contributed by atoms with Gasteiger partial charge >= 0.3 is 0 Å². The summed E-state index contributed by atoms with van der Waals surface area (Å²) in [4.78, 5) is 8.41. The average Bonchev–Trinajstić information content (AvgIpc) is 3.00. The molecule has 0 radical (unpaired) electrons. The normalized spacial score (nSPS) is 12.1. The summed E-state index contributed by atoms with van der Waals surface area (Å²) in [5.41, 5.74) is 1.88. The van der Waals surface area contributed by atoms with E-state index < -0.39 is 0 Å². The molecule has 2 aromatic heterocycles. The molecule has 0 N–H and O–H groups in total. The van der Waals surface area contributed by atoms with E-state index in [1.807, 2.05) is 50.2 Å². The molecule has 1 atom stereocenters. The topological polar surface area (TPSA) is 61.0 Å². The Labute approximate surface area is 122 Å². The maximum atomic E-state index is 5.87. The molecule has 0 aliphatic carbocycles. The van der Waals surface area contributed by atoms with Crippen molar-refractivity contribution in [1.29, 1.82) is 0 Å². The zero-order chi connectivity index (χ0) is 14.7. The summed E-state index contributed by atoms with van der Waals surface area (Å²) < 4.78 is 11.1. The first-order chi connectivity index (χ1) is 10.2. The first kappa shape index (κ1) is 13.3. The van der Waals surface area contributed by atoms with Crippen LogP contribution < -0.4 is 4.74 Å². The lowest BCUT2D eigenvalue weighted by Crippen LogP contribution is -2.04. The number of aryl methyl sites for hydroxylation is 1. The van der Waals surface area contributed by atoms with Crippen LogP contribution in [0.15, 0.2) is 53.3 Å². The van der Waals surface area contributed by atoms with Crippen LogP contribution in [0.1, 0.15) is 24.5 Å². The minimum absolute atomic E-state index is 0.316. The zero-order valence-electron chi connectivity index (χ0n) is 11.9. The van der Waals surface area contributed by atoms with Crippen LogP contribution >= 0.6 is 0 Å². The van der Waals surface area contributed by atoms with Gasteiger partial charge in [0.1, 0.15) is 5.75 Å². The van der Waals surface area contributed by atoms with E-state index in [0.29, 0.717) is 11.7 Å². The van der Waals surface area contributed by atoms with E-state index in [-0.39, 0.29) is 6.10 Å². The smallest absolute Gasteiger partial charge is 0.267 e. The second-order valence-electron chi connectivity index (χ2n) is 4.72. The van der Waals surface area contributed by atoms with Crippen molar-refractivity contribution in [3.05, 3.63) is 60.2 Å². The maximum absolute atomic E-state index is 5.87. The second kappa shape index (κ2) is 5.75. The lowest BCUT2D eigenvalue weighted by atomic mass is 10.2. The Hall–Kier alpha value is -2.69. The van der Waals surface area contributed by atoms with Crippen LogP contribution in [0.4, 0.5) is 0 Å². The molecule has 21 heavy (non-hydrogen) atoms. The predicted molar refractivity (Wildman–Crippen MR) is 77.8 cm³/mol. The van der Waals surface area contributed by atoms with Gasteiger partial charge in [-0.25, -0.2) is 0 Å². The molecule has 106 valence electrons. The van der Waals surface area contributed by atoms with Gasteiger partial charge in [0.15, 0.2) is 6.10 Å². The van der Waals surface area contributed by atoms with Crippen molar-refractivity contribution in [2.75, 3.05) is 0 Å². The van der Waals surface area contributed by atoms with E-state index in [4.69, 9.17) is 9.26 Å². The van der Waals surface area contributed by atoms with Crippen LogP contribution in [0, 0.1) is 6.92 Å². The van der Waals surface area contributed by atoms with Gasteiger partial charge in [0.2, 0.25) is 5.82 Å². The van der Waals surface area contributed by atoms with Gasteiger partial charge in [0, 0.05) is 18.0 Å². The van der Waals surface area contributed by atoms with E-state index in [1.165, 1.54) is 0 Å². The number of rotatable bonds is 4. The molecule has 0 spiro atoms. The van der Waals surface area contributed by atoms with E-state index in [1.54, 1.807) is 12.4 Å². The van der Waals surface area contributed by atoms with Gasteiger partial charge in [-0.1, -0.05) is 23.4 Å². The molecule has 5 heteroatoms. The second-order valence-corrected chi connectivity index (χ2v) is 4.72. The molecule has 0 unspecified atom stereocenters. The quantitative estimate of drug-likeness (QED) is 0.731. The van der Waals surface area contributed by atoms with Crippen molar-refractivity contribution in [1.82, 2.24) is 15.1 Å². The monoisotopic (exact) mass is 281 g/mol. The molecule has 0 aliphatic heterocycles. The number of pyridine rings is 1. The minimum atomic E-state index is -0.316. The number of hydrogen-bond donors (Lipinski definition) is 0. The zero-order valence-corrected chi connectivity index (χ0v) is 11.9. The predicted octanol–water partition coefficient (Wildman–Crippen LogP) is 3.58. The molecular weight excluding hydrogens is 266 g/mol. The summed E-state index contributed by atoms with van der Waals surface area (Å²) in [5, 5.41) is 3.97. The van der Waals surface area contributed by atoms with Gasteiger partial charge in [0.25, 0.3) is 5.89 Å². The first-order valence-electron chi connectivity index (χ1n) is 6.70. The molecule has 0 bridgehead atoms. The summed E-state index contributed by atoms with van der Waals surface area (Å²) in [5.74, 6) is 1.77. The largest absolute Gasteiger partial charge is 0.481 e. The number of hydrogen-bond acceptors (Lipinski definition) is 5. The molecule has 0 aliphatic rings. The van der Waals surface area contributed by atoms with Gasteiger partial charge < -0.3 is 9.26 Å². The van der Waals surface area contributed by atoms with Gasteiger partial charge in [-0.05, 0) is 37.6 Å². The summed E-state index contributed by atoms with van der Waals surface area (Å²) >= 11 is 0. The molecule has 0 amide bonds. The average molecular weight is 281 g/mol. The standard InChI is InChI=1S/C16H15N3O2/c1-11-6-3-4-8-14(11)20-12(2)16-18-15(19-21-16)13-7-5-9-17-10-13/h3-10,12H,1-2H3/t12-/m1/s1. The van der Waals surface area contributed by atoms with Crippen LogP contribution in [0.25, 0.3) is 11.4 Å². The van der Waals surface area contributed by atoms with E-state index in [2.05, 4.69) is 15.1 Å². The number of para-hydroxylation sites is 1. The highest BCUT2D eigenvalue weighted by molar-refractivity contribution is 5.51. The van der Waals surface area contributed by atoms with Crippen LogP contribution in [0.5, 0.6) is 5.75 Å². The van der Waals surface area contributed by atoms with Gasteiger partial charge in [-0.15, -0.1) is 0 Å². The molecule has 3 aromatic rings. The van der Waals surface area contributed by atoms with Crippen molar-refractivity contribution < 1.29 is 9.26 Å². The number of benzene rings is 1. The summed E-state index contributed by atoms with van der Waals surface area (Å²) in [6, 6.07) is 11.5. The lowest BCUT2D eigenvalue weighted by molar-refractivity contribution is 0.175. The summed E-state index contributed by atoms with van der Waals surface area (Å²) in [6.07, 6.45) is 3.08. The molecule has 1 aromatic carbocycles. The van der Waals surface area contributed by atoms with E-state index >= 15 is 0 Å². The highest BCUT2D eigenvalue weighted by atomic mass is 16.5. The maximum Gasteiger partial charge on any atom is 0.267 e. The molecule has 0 saturated carbocycles. The van der Waals surface area contributed by atoms with Crippen molar-refractivity contribution >= 4 is 0 Å². The molecular formula is C16H15N3O2. The Bertz CT molecular complexity index is 725. The van der Waals surface area contributed by atoms with Crippen molar-refractivity contribution in [2.45, 2.75) is 20.0 Å². The number of nitrogens with zero attached hydrogens (tertiary/aromatic N) is 3. The fraction of sp³-hybridized carbons (Fsp3) is 0.188. The fourth-order valence-electron chi connectivity index (χ4n) is 1.94. The lowest BCUT2D eigenvalue weighted by Gasteiger charge is -2.12. The molecule has 0 saturated heterocycles. The Morgan fingerprint density at radius 3 is 2.76 bits per heavy atom. The third-order valence-electron chi connectivity index (χ3n) is 3.11. The fourth-order valence-corrected chi connectivity index (χ4v) is 1.94. The summed E-state index contributed by atoms with van der Waals surface area (Å²) in [6.45, 7) is 3.88. The highest BCUT2D eigenvalue weighted by Gasteiger charge is 2.17. The Balaban J connectivity index is 1.79. The Morgan fingerprint density at radius 1 is 1.14 bits per heavy atom. The van der Waals surface area contributed by atoms with Crippen LogP contribution in [-0.2, 0) is 0 Å². The Morgan fingerprint density at radius 2 is 2.00 bits per heavy atom. The first-order valence-corrected chi connectivity index (χ1v) is 6.70. The van der Waals surface area contributed by atoms with Crippen LogP contribution in [-0.4, -0.2) is 15.1 Å². The Kier molecular flexibility index (Phi) is 3.64. The van der Waals surface area contributed by atoms with Crippen molar-refractivity contribution in [2.24, 2.45) is 0 Å². The van der Waals surface area contributed by atoms with Crippen molar-refractivity contribution in [3.63, 3.8) is 0 Å². The third-order valence-corrected chi connectivity index (χ3v) is 3.11. The number of ether oxygens (including phenoxy) is 1. The SMILES string of the molecule is Cc1ccccc1O[C@H](C)c1nc(-c2cccnc2)no1. The highest BCUT2D eigenvalue weighted by Crippen LogP contribution is 2.25. The molecule has 2 heterocycles. The molecule has 5 nitrogen and oxygen atoms in total. The minimum Gasteiger partial charge on any atom is -0.481 e.